The second kappa shape index (κ2) is 9.71. The van der Waals surface area contributed by atoms with Crippen molar-refractivity contribution in [3.05, 3.63) is 70.7 Å². The number of hydrogen-bond donors (Lipinski definition) is 2. The summed E-state index contributed by atoms with van der Waals surface area (Å²) in [5.41, 5.74) is 3.69. The fraction of sp³-hybridized carbons (Fsp3) is 0.364. The van der Waals surface area contributed by atoms with Crippen LogP contribution in [-0.4, -0.2) is 46.8 Å². The van der Waals surface area contributed by atoms with Crippen LogP contribution in [0.3, 0.4) is 0 Å². The minimum absolute atomic E-state index is 0.468. The van der Waals surface area contributed by atoms with Crippen molar-refractivity contribution in [3.63, 3.8) is 0 Å². The molecule has 2 N–H and O–H groups in total. The smallest absolute Gasteiger partial charge is 0.191 e. The van der Waals surface area contributed by atoms with E-state index in [1.807, 2.05) is 24.0 Å². The average Bonchev–Trinajstić information content (AvgIpc) is 3.47. The molecular formula is C22H28N6S. The SMILES string of the molecule is CN=C(NCc1cccc(-n2cccn2)c1)NC1CCN(Cc2ccsc2)CC1. The first-order valence-electron chi connectivity index (χ1n) is 10.1. The van der Waals surface area contributed by atoms with Crippen LogP contribution in [0.15, 0.2) is 64.5 Å². The summed E-state index contributed by atoms with van der Waals surface area (Å²) in [6, 6.07) is 13.0. The van der Waals surface area contributed by atoms with Gasteiger partial charge in [-0.15, -0.1) is 0 Å². The Hall–Kier alpha value is -2.64. The van der Waals surface area contributed by atoms with Crippen molar-refractivity contribution in [2.45, 2.75) is 32.0 Å². The highest BCUT2D eigenvalue weighted by Gasteiger charge is 2.20. The van der Waals surface area contributed by atoms with Gasteiger partial charge in [0, 0.05) is 51.7 Å². The van der Waals surface area contributed by atoms with E-state index in [1.54, 1.807) is 17.5 Å². The molecule has 0 bridgehead atoms. The molecule has 0 unspecified atom stereocenters. The molecular weight excluding hydrogens is 380 g/mol. The van der Waals surface area contributed by atoms with E-state index in [1.165, 1.54) is 11.1 Å². The highest BCUT2D eigenvalue weighted by molar-refractivity contribution is 7.07. The summed E-state index contributed by atoms with van der Waals surface area (Å²) in [5.74, 6) is 0.866. The van der Waals surface area contributed by atoms with E-state index in [4.69, 9.17) is 0 Å². The number of nitrogens with one attached hydrogen (secondary N) is 2. The molecule has 0 amide bonds. The Morgan fingerprint density at radius 1 is 1.21 bits per heavy atom. The van der Waals surface area contributed by atoms with Crippen molar-refractivity contribution in [1.29, 1.82) is 0 Å². The molecule has 1 aliphatic rings. The summed E-state index contributed by atoms with van der Waals surface area (Å²) in [5, 5.41) is 15.8. The predicted molar refractivity (Wildman–Crippen MR) is 120 cm³/mol. The second-order valence-electron chi connectivity index (χ2n) is 7.37. The lowest BCUT2D eigenvalue weighted by atomic mass is 10.0. The molecule has 0 atom stereocenters. The minimum atomic E-state index is 0.468. The molecule has 152 valence electrons. The Morgan fingerprint density at radius 3 is 2.83 bits per heavy atom. The summed E-state index contributed by atoms with van der Waals surface area (Å²) in [7, 11) is 1.83. The van der Waals surface area contributed by atoms with Gasteiger partial charge in [-0.2, -0.15) is 16.4 Å². The van der Waals surface area contributed by atoms with Gasteiger partial charge in [0.05, 0.1) is 5.69 Å². The zero-order valence-electron chi connectivity index (χ0n) is 16.8. The maximum Gasteiger partial charge on any atom is 0.191 e. The fourth-order valence-electron chi connectivity index (χ4n) is 3.68. The van der Waals surface area contributed by atoms with Gasteiger partial charge in [-0.1, -0.05) is 12.1 Å². The fourth-order valence-corrected chi connectivity index (χ4v) is 4.34. The first kappa shape index (κ1) is 19.7. The molecule has 29 heavy (non-hydrogen) atoms. The Morgan fingerprint density at radius 2 is 2.10 bits per heavy atom. The Labute approximate surface area is 176 Å². The van der Waals surface area contributed by atoms with Crippen LogP contribution in [0.2, 0.25) is 0 Å². The molecule has 0 spiro atoms. The number of rotatable bonds is 6. The lowest BCUT2D eigenvalue weighted by Gasteiger charge is -2.33. The van der Waals surface area contributed by atoms with Gasteiger partial charge in [0.25, 0.3) is 0 Å². The topological polar surface area (TPSA) is 57.5 Å². The number of thiophene rings is 1. The van der Waals surface area contributed by atoms with Crippen LogP contribution in [0.1, 0.15) is 24.0 Å². The van der Waals surface area contributed by atoms with E-state index in [2.05, 4.69) is 66.7 Å². The first-order valence-corrected chi connectivity index (χ1v) is 11.0. The molecule has 3 heterocycles. The molecule has 0 saturated carbocycles. The number of piperidine rings is 1. The molecule has 1 aromatic carbocycles. The van der Waals surface area contributed by atoms with Crippen LogP contribution in [0.5, 0.6) is 0 Å². The maximum absolute atomic E-state index is 4.41. The van der Waals surface area contributed by atoms with Crippen molar-refractivity contribution < 1.29 is 0 Å². The van der Waals surface area contributed by atoms with Crippen LogP contribution in [-0.2, 0) is 13.1 Å². The number of aliphatic imine (C=N–C) groups is 1. The van der Waals surface area contributed by atoms with Crippen molar-refractivity contribution in [2.24, 2.45) is 4.99 Å². The second-order valence-corrected chi connectivity index (χ2v) is 8.15. The molecule has 7 heteroatoms. The Balaban J connectivity index is 1.25. The van der Waals surface area contributed by atoms with E-state index in [-0.39, 0.29) is 0 Å². The highest BCUT2D eigenvalue weighted by atomic mass is 32.1. The average molecular weight is 409 g/mol. The largest absolute Gasteiger partial charge is 0.354 e. The number of nitrogens with zero attached hydrogens (tertiary/aromatic N) is 4. The lowest BCUT2D eigenvalue weighted by Crippen LogP contribution is -2.48. The first-order chi connectivity index (χ1) is 14.3. The summed E-state index contributed by atoms with van der Waals surface area (Å²) >= 11 is 1.78. The lowest BCUT2D eigenvalue weighted by molar-refractivity contribution is 0.198. The summed E-state index contributed by atoms with van der Waals surface area (Å²) in [6.07, 6.45) is 6.03. The van der Waals surface area contributed by atoms with Gasteiger partial charge < -0.3 is 10.6 Å². The zero-order valence-corrected chi connectivity index (χ0v) is 17.6. The van der Waals surface area contributed by atoms with Crippen molar-refractivity contribution in [1.82, 2.24) is 25.3 Å². The molecule has 6 nitrogen and oxygen atoms in total. The summed E-state index contributed by atoms with van der Waals surface area (Å²) in [6.45, 7) is 4.04. The zero-order chi connectivity index (χ0) is 19.9. The predicted octanol–water partition coefficient (Wildman–Crippen LogP) is 3.26. The van der Waals surface area contributed by atoms with Crippen molar-refractivity contribution in [2.75, 3.05) is 20.1 Å². The monoisotopic (exact) mass is 408 g/mol. The third-order valence-corrected chi connectivity index (χ3v) is 6.01. The van der Waals surface area contributed by atoms with Crippen LogP contribution in [0, 0.1) is 0 Å². The normalized spacial score (nSPS) is 16.1. The molecule has 0 radical (unpaired) electrons. The maximum atomic E-state index is 4.41. The van der Waals surface area contributed by atoms with Crippen LogP contribution < -0.4 is 10.6 Å². The molecule has 3 aromatic rings. The van der Waals surface area contributed by atoms with Gasteiger partial charge in [0.2, 0.25) is 0 Å². The quantitative estimate of drug-likeness (QED) is 0.486. The molecule has 1 aliphatic heterocycles. The van der Waals surface area contributed by atoms with E-state index in [9.17, 15) is 0 Å². The van der Waals surface area contributed by atoms with Crippen LogP contribution >= 0.6 is 11.3 Å². The number of aromatic nitrogens is 2. The molecule has 4 rings (SSSR count). The van der Waals surface area contributed by atoms with E-state index >= 15 is 0 Å². The molecule has 1 fully saturated rings. The third-order valence-electron chi connectivity index (χ3n) is 5.28. The van der Waals surface area contributed by atoms with Gasteiger partial charge in [-0.25, -0.2) is 4.68 Å². The van der Waals surface area contributed by atoms with Crippen LogP contribution in [0.4, 0.5) is 0 Å². The number of guanidine groups is 1. The molecule has 2 aromatic heterocycles. The third kappa shape index (κ3) is 5.46. The minimum Gasteiger partial charge on any atom is -0.354 e. The number of hydrogen-bond acceptors (Lipinski definition) is 4. The number of benzene rings is 1. The highest BCUT2D eigenvalue weighted by Crippen LogP contribution is 2.15. The molecule has 1 saturated heterocycles. The van der Waals surface area contributed by atoms with Gasteiger partial charge in [-0.3, -0.25) is 9.89 Å². The standard InChI is InChI=1S/C22H28N6S/c1-23-22(24-15-18-4-2-5-21(14-18)28-10-3-9-25-28)26-20-6-11-27(12-7-20)16-19-8-13-29-17-19/h2-5,8-10,13-14,17,20H,6-7,11-12,15-16H2,1H3,(H2,23,24,26). The van der Waals surface area contributed by atoms with Gasteiger partial charge >= 0.3 is 0 Å². The van der Waals surface area contributed by atoms with Crippen molar-refractivity contribution in [3.8, 4) is 5.69 Å². The molecule has 0 aliphatic carbocycles. The Bertz CT molecular complexity index is 895. The van der Waals surface area contributed by atoms with E-state index in [0.29, 0.717) is 6.04 Å². The van der Waals surface area contributed by atoms with Gasteiger partial charge in [0.15, 0.2) is 5.96 Å². The van der Waals surface area contributed by atoms with Gasteiger partial charge in [0.1, 0.15) is 0 Å². The van der Waals surface area contributed by atoms with Gasteiger partial charge in [-0.05, 0) is 59.0 Å². The van der Waals surface area contributed by atoms with E-state index in [0.717, 1.165) is 50.7 Å². The summed E-state index contributed by atoms with van der Waals surface area (Å²) < 4.78 is 1.88. The number of likely N-dealkylation sites (tertiary alicyclic amines) is 1. The van der Waals surface area contributed by atoms with E-state index < -0.39 is 0 Å². The van der Waals surface area contributed by atoms with Crippen molar-refractivity contribution >= 4 is 17.3 Å². The van der Waals surface area contributed by atoms with Crippen LogP contribution in [0.25, 0.3) is 5.69 Å². The summed E-state index contributed by atoms with van der Waals surface area (Å²) in [4.78, 5) is 6.95. The Kier molecular flexibility index (Phi) is 6.59.